The largest absolute Gasteiger partial charge is 0.543 e. The number of nitrogens with two attached hydrogens (primary N) is 1. The zero-order valence-corrected chi connectivity index (χ0v) is 28.5. The molecule has 2 aliphatic heterocycles. The van der Waals surface area contributed by atoms with E-state index < -0.39 is 70.9 Å². The summed E-state index contributed by atoms with van der Waals surface area (Å²) in [7, 11) is 0. The number of phenolic OH excluding ortho intramolecular Hbond substituents is 2. The van der Waals surface area contributed by atoms with E-state index in [4.69, 9.17) is 10.6 Å². The van der Waals surface area contributed by atoms with Gasteiger partial charge >= 0.3 is 6.03 Å². The molecule has 0 aliphatic carbocycles. The number of imide groups is 1. The average molecular weight is 768 g/mol. The maximum Gasteiger partial charge on any atom is 0.340 e. The van der Waals surface area contributed by atoms with Crippen molar-refractivity contribution in [3.8, 4) is 11.5 Å². The number of thioether (sulfide) groups is 2. The average Bonchev–Trinajstić information content (AvgIpc) is 3.76. The minimum absolute atomic E-state index is 0. The van der Waals surface area contributed by atoms with Crippen LogP contribution in [0.3, 0.4) is 0 Å². The number of aromatic hydroxyl groups is 2. The van der Waals surface area contributed by atoms with Crippen LogP contribution in [-0.4, -0.2) is 101 Å². The fraction of sp³-hybridized carbons (Fsp3) is 0.200. The van der Waals surface area contributed by atoms with Gasteiger partial charge in [-0.3, -0.25) is 34.8 Å². The number of urea groups is 1. The molecule has 2 atom stereocenters. The lowest BCUT2D eigenvalue weighted by Crippen LogP contribution is -2.71. The summed E-state index contributed by atoms with van der Waals surface area (Å²) in [5, 5.41) is 47.2. The molecule has 2 aromatic heterocycles. The summed E-state index contributed by atoms with van der Waals surface area (Å²) in [4.78, 5) is 84.7. The topological polar surface area (TPSA) is 340 Å². The van der Waals surface area contributed by atoms with Gasteiger partial charge in [0.2, 0.25) is 0 Å². The van der Waals surface area contributed by atoms with Crippen molar-refractivity contribution < 1.29 is 48.9 Å². The van der Waals surface area contributed by atoms with E-state index in [1.807, 2.05) is 16.2 Å². The number of carbonyl (C=O) groups excluding carboxylic acids is 6. The molecule has 2 aliphatic rings. The Balaban J connectivity index is 0.00000562. The van der Waals surface area contributed by atoms with Gasteiger partial charge in [0.15, 0.2) is 33.3 Å². The lowest BCUT2D eigenvalue weighted by atomic mass is 10.0. The summed E-state index contributed by atoms with van der Waals surface area (Å²) >= 11 is 4.74. The molecule has 0 saturated carbocycles. The van der Waals surface area contributed by atoms with Crippen LogP contribution in [0, 0.1) is 0 Å². The number of aliphatic carboxylic acids is 1. The summed E-state index contributed by atoms with van der Waals surface area (Å²) in [6, 6.07) is 0.779. The number of benzene rings is 1. The van der Waals surface area contributed by atoms with Crippen LogP contribution in [-0.2, 0) is 24.0 Å². The highest BCUT2D eigenvalue weighted by atomic mass is 32.2. The van der Waals surface area contributed by atoms with Crippen molar-refractivity contribution in [1.82, 2.24) is 47.7 Å². The van der Waals surface area contributed by atoms with Gasteiger partial charge in [-0.1, -0.05) is 28.3 Å². The van der Waals surface area contributed by atoms with Gasteiger partial charge in [0.1, 0.15) is 22.6 Å². The summed E-state index contributed by atoms with van der Waals surface area (Å²) in [6.45, 7) is -0.845. The van der Waals surface area contributed by atoms with E-state index in [0.29, 0.717) is 9.91 Å². The Labute approximate surface area is 296 Å². The zero-order valence-electron chi connectivity index (χ0n) is 25.3. The Morgan fingerprint density at radius 1 is 1.16 bits per heavy atom. The molecule has 0 radical (unpaired) electrons. The molecule has 0 spiro atoms. The molecule has 1 fully saturated rings. The fourth-order valence-electron chi connectivity index (χ4n) is 4.16. The highest BCUT2D eigenvalue weighted by Gasteiger charge is 2.53. The van der Waals surface area contributed by atoms with Crippen LogP contribution in [0.1, 0.15) is 16.1 Å². The van der Waals surface area contributed by atoms with E-state index in [9.17, 15) is 44.1 Å². The molecular weight excluding hydrogens is 743 g/mol. The zero-order chi connectivity index (χ0) is 35.2. The molecule has 1 unspecified atom stereocenters. The first-order valence-electron chi connectivity index (χ1n) is 13.3. The molecular formula is C25H25N11O10S4. The molecule has 4 heterocycles. The van der Waals surface area contributed by atoms with Gasteiger partial charge in [-0.25, -0.2) is 15.2 Å². The van der Waals surface area contributed by atoms with Gasteiger partial charge in [-0.2, -0.15) is 0 Å². The number of carbonyl (C=O) groups is 6. The first-order valence-corrected chi connectivity index (χ1v) is 17.1. The Kier molecular flexibility index (Phi) is 12.1. The molecule has 25 heteroatoms. The van der Waals surface area contributed by atoms with Crippen LogP contribution >= 0.6 is 46.2 Å². The first kappa shape index (κ1) is 37.3. The Hall–Kier alpha value is -5.50. The second kappa shape index (κ2) is 16.3. The number of fused-ring (bicyclic) bond motifs is 1. The molecule has 21 nitrogen and oxygen atoms in total. The van der Waals surface area contributed by atoms with Crippen LogP contribution in [0.5, 0.6) is 11.5 Å². The normalized spacial score (nSPS) is 16.7. The Morgan fingerprint density at radius 2 is 1.94 bits per heavy atom. The molecule has 1 aromatic carbocycles. The number of anilines is 1. The summed E-state index contributed by atoms with van der Waals surface area (Å²) in [6.07, 6.45) is 0. The van der Waals surface area contributed by atoms with E-state index in [1.54, 1.807) is 0 Å². The Bertz CT molecular complexity index is 1880. The number of β-lactam (4-membered cyclic amide) rings is 1. The van der Waals surface area contributed by atoms with E-state index >= 15 is 0 Å². The van der Waals surface area contributed by atoms with Crippen LogP contribution in [0.25, 0.3) is 0 Å². The lowest BCUT2D eigenvalue weighted by Gasteiger charge is -2.50. The molecule has 0 bridgehead atoms. The monoisotopic (exact) mass is 767 g/mol. The molecule has 6 amide bonds. The third-order valence-corrected chi connectivity index (χ3v) is 10.3. The maximum absolute atomic E-state index is 13.3. The number of hydrazine groups is 1. The number of oxime groups is 1. The number of nitrogens with one attached hydrogen (secondary N) is 4. The van der Waals surface area contributed by atoms with Crippen LogP contribution < -0.4 is 38.5 Å². The minimum Gasteiger partial charge on any atom is -0.543 e. The maximum atomic E-state index is 13.3. The van der Waals surface area contributed by atoms with E-state index in [2.05, 4.69) is 25.7 Å². The number of phenols is 2. The lowest BCUT2D eigenvalue weighted by molar-refractivity contribution is -0.301. The van der Waals surface area contributed by atoms with Crippen molar-refractivity contribution in [3.63, 3.8) is 0 Å². The van der Waals surface area contributed by atoms with Gasteiger partial charge in [-0.15, -0.1) is 33.3 Å². The summed E-state index contributed by atoms with van der Waals surface area (Å²) < 4.78 is 0.620. The van der Waals surface area contributed by atoms with Crippen molar-refractivity contribution in [2.24, 2.45) is 5.16 Å². The van der Waals surface area contributed by atoms with Gasteiger partial charge in [-0.05, 0) is 23.8 Å². The predicted octanol–water partition coefficient (Wildman–Crippen LogP) is -1.55. The second-order valence-corrected chi connectivity index (χ2v) is 13.6. The number of hydrogen-bond acceptors (Lipinski definition) is 19. The van der Waals surface area contributed by atoms with E-state index in [-0.39, 0.29) is 39.7 Å². The van der Waals surface area contributed by atoms with Crippen LogP contribution in [0.4, 0.5) is 9.93 Å². The smallest absolute Gasteiger partial charge is 0.340 e. The van der Waals surface area contributed by atoms with Gasteiger partial charge < -0.3 is 42.2 Å². The van der Waals surface area contributed by atoms with E-state index in [1.165, 1.54) is 45.8 Å². The van der Waals surface area contributed by atoms with Crippen LogP contribution in [0.15, 0.2) is 49.9 Å². The molecule has 5 rings (SSSR count). The van der Waals surface area contributed by atoms with Gasteiger partial charge in [0, 0.05) is 22.4 Å². The standard InChI is InChI=1S/C25H22N10O10S4.H3N/c26-23-28-11(7-47-23)15(34-45-4-14(38)31-32-24(44)30-18(39)9-1-2-12(36)13(37)3-9)19(40)29-16-20(41)35-17(22(42)43)10(5-46-21(16)35)6-48-25-33-27-8-49-25;/h1-3,7-8,16,21,36-37H,4-6H2,(H2,26,28)(H,29,40)(H,31,38)(H,42,43)(H2,30,32,39,44);1H3/t16?,21-;/m1./s1. The molecule has 3 aromatic rings. The highest BCUT2D eigenvalue weighted by molar-refractivity contribution is 8.01. The minimum atomic E-state index is -1.54. The number of nitrogen functional groups attached to an aromatic ring is 1. The molecule has 1 saturated heterocycles. The number of hydrogen-bond donors (Lipinski definition) is 8. The molecule has 12 N–H and O–H groups in total. The number of quaternary nitrogens is 1. The van der Waals surface area contributed by atoms with Crippen molar-refractivity contribution >= 4 is 92.7 Å². The summed E-state index contributed by atoms with van der Waals surface area (Å²) in [5.41, 5.74) is 10.5. The molecule has 264 valence electrons. The number of thiazole rings is 1. The third kappa shape index (κ3) is 8.55. The number of nitrogens with zero attached hydrogens (tertiary/aromatic N) is 5. The Morgan fingerprint density at radius 3 is 2.60 bits per heavy atom. The number of aromatic nitrogens is 3. The van der Waals surface area contributed by atoms with Crippen molar-refractivity contribution in [2.45, 2.75) is 15.8 Å². The number of rotatable bonds is 11. The fourth-order valence-corrected chi connectivity index (χ4v) is 7.68. The van der Waals surface area contributed by atoms with Crippen molar-refractivity contribution in [3.05, 3.63) is 51.6 Å². The van der Waals surface area contributed by atoms with Crippen LogP contribution in [0.2, 0.25) is 0 Å². The van der Waals surface area contributed by atoms with Gasteiger partial charge in [0.05, 0.1) is 11.7 Å². The summed E-state index contributed by atoms with van der Waals surface area (Å²) in [5.74, 6) is -5.73. The number of amides is 6. The van der Waals surface area contributed by atoms with Gasteiger partial charge in [0.25, 0.3) is 23.6 Å². The number of carboxylic acids is 1. The first-order chi connectivity index (χ1) is 23.4. The quantitative estimate of drug-likeness (QED) is 0.0360. The molecule has 50 heavy (non-hydrogen) atoms. The highest BCUT2D eigenvalue weighted by Crippen LogP contribution is 2.41. The number of carboxylic acid groups (broad SMARTS) is 1. The third-order valence-electron chi connectivity index (χ3n) is 6.35. The van der Waals surface area contributed by atoms with E-state index in [0.717, 1.165) is 34.4 Å². The predicted molar refractivity (Wildman–Crippen MR) is 177 cm³/mol. The van der Waals surface area contributed by atoms with Crippen molar-refractivity contribution in [1.29, 1.82) is 0 Å². The second-order valence-electron chi connectivity index (χ2n) is 9.54. The SMILES string of the molecule is Nc1nc(C(=NOCC(=O)NNC(=O)NC(=O)c2ccc(O)c(O)c2)C(=O)NC2C(=O)N3C(C(=O)[O-])=C(CSc4nncs4)CS[C@H]23)cs1.[NH4+]. The van der Waals surface area contributed by atoms with Crippen molar-refractivity contribution in [2.75, 3.05) is 23.8 Å².